The highest BCUT2D eigenvalue weighted by molar-refractivity contribution is 9.10. The van der Waals surface area contributed by atoms with Crippen molar-refractivity contribution in [2.45, 2.75) is 12.8 Å². The lowest BCUT2D eigenvalue weighted by atomic mass is 10.0. The molecule has 0 aromatic carbocycles. The van der Waals surface area contributed by atoms with E-state index in [2.05, 4.69) is 26.2 Å². The summed E-state index contributed by atoms with van der Waals surface area (Å²) >= 11 is 5.32. The fourth-order valence-corrected chi connectivity index (χ4v) is 3.33. The molecule has 88 valence electrons. The molecule has 0 atom stereocenters. The van der Waals surface area contributed by atoms with Crippen LogP contribution in [0.2, 0.25) is 0 Å². The molecule has 1 amide bonds. The fourth-order valence-electron chi connectivity index (χ4n) is 1.78. The Hall–Kier alpha value is -0.420. The Morgan fingerprint density at radius 1 is 1.56 bits per heavy atom. The molecule has 0 spiro atoms. The number of aromatic amines is 1. The topological polar surface area (TPSA) is 44.9 Å². The number of carbonyl (C=O) groups excluding carboxylic acids is 1. The fraction of sp³-hybridized carbons (Fsp3) is 0.545. The first-order chi connectivity index (χ1) is 7.75. The minimum absolute atomic E-state index is 0.0103. The number of H-pyrrole nitrogens is 1. The van der Waals surface area contributed by atoms with Crippen molar-refractivity contribution in [3.63, 3.8) is 0 Å². The number of carbonyl (C=O) groups is 1. The lowest BCUT2D eigenvalue weighted by Gasteiger charge is -2.21. The van der Waals surface area contributed by atoms with Crippen LogP contribution in [0.15, 0.2) is 16.7 Å². The molecule has 0 unspecified atom stereocenters. The molecule has 5 heteroatoms. The maximum absolute atomic E-state index is 11.7. The first-order valence-electron chi connectivity index (χ1n) is 5.45. The largest absolute Gasteiger partial charge is 0.356 e. The number of thioether (sulfide) groups is 1. The van der Waals surface area contributed by atoms with E-state index < -0.39 is 0 Å². The summed E-state index contributed by atoms with van der Waals surface area (Å²) in [5.74, 6) is 3.11. The van der Waals surface area contributed by atoms with E-state index in [1.54, 1.807) is 12.3 Å². The first-order valence-corrected chi connectivity index (χ1v) is 7.40. The van der Waals surface area contributed by atoms with Gasteiger partial charge in [0.05, 0.1) is 0 Å². The van der Waals surface area contributed by atoms with Crippen molar-refractivity contribution in [2.24, 2.45) is 5.92 Å². The molecular formula is C11H15BrN2OS. The van der Waals surface area contributed by atoms with Crippen LogP contribution in [0.5, 0.6) is 0 Å². The second-order valence-electron chi connectivity index (χ2n) is 4.00. The zero-order valence-electron chi connectivity index (χ0n) is 8.96. The maximum atomic E-state index is 11.7. The second kappa shape index (κ2) is 5.77. The van der Waals surface area contributed by atoms with Crippen LogP contribution in [0.4, 0.5) is 0 Å². The standard InChI is InChI=1S/C11H15BrN2OS/c12-9-5-10(13-7-9)11(15)14-6-8-1-3-16-4-2-8/h5,7-8,13H,1-4,6H2,(H,14,15). The molecule has 0 radical (unpaired) electrons. The summed E-state index contributed by atoms with van der Waals surface area (Å²) in [6.07, 6.45) is 4.21. The Labute approximate surface area is 108 Å². The van der Waals surface area contributed by atoms with Crippen LogP contribution < -0.4 is 5.32 Å². The summed E-state index contributed by atoms with van der Waals surface area (Å²) in [5, 5.41) is 2.98. The molecule has 2 rings (SSSR count). The van der Waals surface area contributed by atoms with Gasteiger partial charge in [-0.25, -0.2) is 0 Å². The number of rotatable bonds is 3. The van der Waals surface area contributed by atoms with E-state index in [4.69, 9.17) is 0 Å². The summed E-state index contributed by atoms with van der Waals surface area (Å²) in [5.41, 5.74) is 0.622. The van der Waals surface area contributed by atoms with Crippen molar-refractivity contribution in [3.8, 4) is 0 Å². The van der Waals surface area contributed by atoms with Gasteiger partial charge in [0.25, 0.3) is 5.91 Å². The smallest absolute Gasteiger partial charge is 0.267 e. The Kier molecular flexibility index (Phi) is 4.35. The Morgan fingerprint density at radius 3 is 2.94 bits per heavy atom. The van der Waals surface area contributed by atoms with Crippen molar-refractivity contribution < 1.29 is 4.79 Å². The van der Waals surface area contributed by atoms with Gasteiger partial charge < -0.3 is 10.3 Å². The normalized spacial score (nSPS) is 17.3. The minimum atomic E-state index is -0.0103. The Bertz CT molecular complexity index is 361. The van der Waals surface area contributed by atoms with Gasteiger partial charge in [-0.15, -0.1) is 0 Å². The van der Waals surface area contributed by atoms with Crippen LogP contribution in [-0.2, 0) is 0 Å². The molecule has 2 heterocycles. The molecular weight excluding hydrogens is 288 g/mol. The summed E-state index contributed by atoms with van der Waals surface area (Å²) in [6.45, 7) is 0.802. The van der Waals surface area contributed by atoms with Crippen LogP contribution in [-0.4, -0.2) is 28.9 Å². The molecule has 1 aliphatic heterocycles. The first kappa shape index (κ1) is 12.0. The SMILES string of the molecule is O=C(NCC1CCSCC1)c1cc(Br)c[nH]1. The summed E-state index contributed by atoms with van der Waals surface area (Å²) in [4.78, 5) is 14.7. The molecule has 16 heavy (non-hydrogen) atoms. The lowest BCUT2D eigenvalue weighted by Crippen LogP contribution is -2.31. The monoisotopic (exact) mass is 302 g/mol. The molecule has 1 aliphatic rings. The van der Waals surface area contributed by atoms with E-state index in [1.807, 2.05) is 11.8 Å². The average Bonchev–Trinajstić information content (AvgIpc) is 2.74. The van der Waals surface area contributed by atoms with Gasteiger partial charge >= 0.3 is 0 Å². The molecule has 1 aromatic rings. The highest BCUT2D eigenvalue weighted by Crippen LogP contribution is 2.22. The molecule has 2 N–H and O–H groups in total. The van der Waals surface area contributed by atoms with Crippen LogP contribution >= 0.6 is 27.7 Å². The predicted molar refractivity (Wildman–Crippen MR) is 70.9 cm³/mol. The van der Waals surface area contributed by atoms with Gasteiger partial charge in [-0.05, 0) is 52.3 Å². The maximum Gasteiger partial charge on any atom is 0.267 e. The zero-order valence-corrected chi connectivity index (χ0v) is 11.4. The number of hydrogen-bond donors (Lipinski definition) is 2. The van der Waals surface area contributed by atoms with Gasteiger partial charge in [0.15, 0.2) is 0 Å². The van der Waals surface area contributed by atoms with Gasteiger partial charge in [0.2, 0.25) is 0 Å². The molecule has 3 nitrogen and oxygen atoms in total. The Balaban J connectivity index is 1.79. The highest BCUT2D eigenvalue weighted by Gasteiger charge is 2.15. The third kappa shape index (κ3) is 3.28. The van der Waals surface area contributed by atoms with E-state index in [0.717, 1.165) is 11.0 Å². The molecule has 0 aliphatic carbocycles. The van der Waals surface area contributed by atoms with Crippen molar-refractivity contribution in [1.82, 2.24) is 10.3 Å². The van der Waals surface area contributed by atoms with E-state index in [9.17, 15) is 4.79 Å². The number of amides is 1. The molecule has 0 saturated carbocycles. The molecule has 1 fully saturated rings. The third-order valence-electron chi connectivity index (χ3n) is 2.78. The van der Waals surface area contributed by atoms with Gasteiger partial charge in [-0.1, -0.05) is 0 Å². The highest BCUT2D eigenvalue weighted by atomic mass is 79.9. The predicted octanol–water partition coefficient (Wildman–Crippen LogP) is 2.65. The zero-order chi connectivity index (χ0) is 11.4. The summed E-state index contributed by atoms with van der Waals surface area (Å²) in [7, 11) is 0. The van der Waals surface area contributed by atoms with Crippen molar-refractivity contribution in [1.29, 1.82) is 0 Å². The van der Waals surface area contributed by atoms with E-state index in [0.29, 0.717) is 11.6 Å². The van der Waals surface area contributed by atoms with Crippen LogP contribution in [0.25, 0.3) is 0 Å². The number of halogens is 1. The van der Waals surface area contributed by atoms with Crippen molar-refractivity contribution in [3.05, 3.63) is 22.4 Å². The lowest BCUT2D eigenvalue weighted by molar-refractivity contribution is 0.0942. The summed E-state index contributed by atoms with van der Waals surface area (Å²) in [6, 6.07) is 1.80. The summed E-state index contributed by atoms with van der Waals surface area (Å²) < 4.78 is 0.909. The Morgan fingerprint density at radius 2 is 2.31 bits per heavy atom. The molecule has 1 aromatic heterocycles. The van der Waals surface area contributed by atoms with Crippen molar-refractivity contribution >= 4 is 33.6 Å². The van der Waals surface area contributed by atoms with Gasteiger partial charge in [0, 0.05) is 17.2 Å². The van der Waals surface area contributed by atoms with Crippen LogP contribution in [0.3, 0.4) is 0 Å². The van der Waals surface area contributed by atoms with Gasteiger partial charge in [-0.3, -0.25) is 4.79 Å². The molecule has 1 saturated heterocycles. The third-order valence-corrected chi connectivity index (χ3v) is 4.29. The van der Waals surface area contributed by atoms with E-state index >= 15 is 0 Å². The quantitative estimate of drug-likeness (QED) is 0.901. The van der Waals surface area contributed by atoms with E-state index in [1.165, 1.54) is 24.3 Å². The minimum Gasteiger partial charge on any atom is -0.356 e. The van der Waals surface area contributed by atoms with Gasteiger partial charge in [0.1, 0.15) is 5.69 Å². The second-order valence-corrected chi connectivity index (χ2v) is 6.14. The van der Waals surface area contributed by atoms with Gasteiger partial charge in [-0.2, -0.15) is 11.8 Å². The molecule has 0 bridgehead atoms. The van der Waals surface area contributed by atoms with E-state index in [-0.39, 0.29) is 5.91 Å². The van der Waals surface area contributed by atoms with Crippen LogP contribution in [0.1, 0.15) is 23.3 Å². The van der Waals surface area contributed by atoms with Crippen molar-refractivity contribution in [2.75, 3.05) is 18.1 Å². The number of nitrogens with one attached hydrogen (secondary N) is 2. The number of aromatic nitrogens is 1. The number of hydrogen-bond acceptors (Lipinski definition) is 2. The van der Waals surface area contributed by atoms with Crippen LogP contribution in [0, 0.1) is 5.92 Å². The average molecular weight is 303 g/mol.